The van der Waals surface area contributed by atoms with E-state index in [2.05, 4.69) is 5.10 Å². The van der Waals surface area contributed by atoms with Gasteiger partial charge in [-0.25, -0.2) is 17.9 Å². The van der Waals surface area contributed by atoms with Crippen molar-refractivity contribution in [2.24, 2.45) is 0 Å². The molecule has 1 atom stereocenters. The largest absolute Gasteiger partial charge is 0.382 e. The molecule has 0 aliphatic rings. The van der Waals surface area contributed by atoms with Crippen molar-refractivity contribution in [3.63, 3.8) is 0 Å². The number of nitrogens with zero attached hydrogens (tertiary/aromatic N) is 2. The quantitative estimate of drug-likeness (QED) is 0.520. The number of nitrogens with two attached hydrogens (primary N) is 1. The van der Waals surface area contributed by atoms with Gasteiger partial charge in [0, 0.05) is 18.6 Å². The number of halogens is 3. The van der Waals surface area contributed by atoms with Crippen LogP contribution in [-0.2, 0) is 11.3 Å². The molecule has 1 aromatic heterocycles. The van der Waals surface area contributed by atoms with Crippen molar-refractivity contribution in [1.29, 1.82) is 0 Å². The Morgan fingerprint density at radius 3 is 2.33 bits per heavy atom. The van der Waals surface area contributed by atoms with Gasteiger partial charge in [-0.1, -0.05) is 24.6 Å². The minimum atomic E-state index is -3.03. The first kappa shape index (κ1) is 21.9. The van der Waals surface area contributed by atoms with Gasteiger partial charge in [-0.3, -0.25) is 0 Å². The molecule has 0 radical (unpaired) electrons. The topological polar surface area (TPSA) is 53.1 Å². The number of ether oxygens (including phenoxy) is 1. The summed E-state index contributed by atoms with van der Waals surface area (Å²) in [7, 11) is 0. The summed E-state index contributed by atoms with van der Waals surface area (Å²) in [5, 5.41) is 4.32. The van der Waals surface area contributed by atoms with Gasteiger partial charge in [-0.05, 0) is 56.2 Å². The second kappa shape index (κ2) is 8.14. The molecule has 1 unspecified atom stereocenters. The molecule has 3 rings (SSSR count). The van der Waals surface area contributed by atoms with Crippen molar-refractivity contribution in [2.75, 3.05) is 5.73 Å². The average Bonchev–Trinajstić information content (AvgIpc) is 3.07. The Kier molecular flexibility index (Phi) is 5.94. The van der Waals surface area contributed by atoms with Crippen LogP contribution < -0.4 is 5.73 Å². The van der Waals surface area contributed by atoms with Gasteiger partial charge in [0.25, 0.3) is 5.92 Å². The lowest BCUT2D eigenvalue weighted by molar-refractivity contribution is -0.197. The normalized spacial score (nSPS) is 14.0. The average molecular weight is 417 g/mol. The molecule has 160 valence electrons. The van der Waals surface area contributed by atoms with E-state index in [1.807, 2.05) is 31.2 Å². The van der Waals surface area contributed by atoms with E-state index < -0.39 is 17.3 Å². The summed E-state index contributed by atoms with van der Waals surface area (Å²) in [5.74, 6) is -3.24. The van der Waals surface area contributed by atoms with Crippen LogP contribution in [0, 0.1) is 12.7 Å². The third-order valence-corrected chi connectivity index (χ3v) is 5.42. The molecule has 0 aliphatic heterocycles. The minimum absolute atomic E-state index is 0.120. The van der Waals surface area contributed by atoms with E-state index in [1.165, 1.54) is 19.1 Å². The van der Waals surface area contributed by atoms with Crippen LogP contribution in [0.1, 0.15) is 38.3 Å². The number of aromatic nitrogens is 2. The first-order valence-electron chi connectivity index (χ1n) is 9.76. The van der Waals surface area contributed by atoms with Gasteiger partial charge in [0.05, 0.1) is 18.0 Å². The van der Waals surface area contributed by atoms with Crippen molar-refractivity contribution < 1.29 is 17.9 Å². The van der Waals surface area contributed by atoms with Gasteiger partial charge >= 0.3 is 0 Å². The molecule has 3 aromatic rings. The van der Waals surface area contributed by atoms with Crippen molar-refractivity contribution in [2.45, 2.75) is 52.2 Å². The van der Waals surface area contributed by atoms with E-state index in [9.17, 15) is 13.2 Å². The molecule has 2 N–H and O–H groups in total. The van der Waals surface area contributed by atoms with Crippen LogP contribution in [0.5, 0.6) is 0 Å². The molecule has 2 aromatic carbocycles. The highest BCUT2D eigenvalue weighted by Gasteiger charge is 2.45. The summed E-state index contributed by atoms with van der Waals surface area (Å²) < 4.78 is 49.4. The number of hydrogen-bond acceptors (Lipinski definition) is 3. The maximum absolute atomic E-state index is 14.4. The van der Waals surface area contributed by atoms with Crippen LogP contribution in [0.4, 0.5) is 19.0 Å². The van der Waals surface area contributed by atoms with Crippen molar-refractivity contribution in [1.82, 2.24) is 9.78 Å². The van der Waals surface area contributed by atoms with E-state index in [1.54, 1.807) is 23.7 Å². The van der Waals surface area contributed by atoms with Crippen LogP contribution in [-0.4, -0.2) is 21.3 Å². The molecule has 0 amide bonds. The van der Waals surface area contributed by atoms with Gasteiger partial charge < -0.3 is 10.5 Å². The molecule has 0 bridgehead atoms. The summed E-state index contributed by atoms with van der Waals surface area (Å²) >= 11 is 0. The minimum Gasteiger partial charge on any atom is -0.382 e. The Hall–Kier alpha value is -2.80. The Bertz CT molecular complexity index is 1030. The molecule has 7 heteroatoms. The van der Waals surface area contributed by atoms with E-state index in [0.717, 1.165) is 18.2 Å². The molecule has 0 aliphatic carbocycles. The van der Waals surface area contributed by atoms with Crippen LogP contribution in [0.25, 0.3) is 16.9 Å². The van der Waals surface area contributed by atoms with Crippen molar-refractivity contribution in [3.8, 4) is 16.9 Å². The van der Waals surface area contributed by atoms with Gasteiger partial charge in [0.2, 0.25) is 0 Å². The predicted octanol–water partition coefficient (Wildman–Crippen LogP) is 5.91. The third kappa shape index (κ3) is 4.51. The van der Waals surface area contributed by atoms with E-state index in [4.69, 9.17) is 10.5 Å². The molecule has 0 spiro atoms. The van der Waals surface area contributed by atoms with Gasteiger partial charge in [0.1, 0.15) is 17.2 Å². The molecule has 0 fully saturated rings. The SMILES string of the molecule is CCC(C)(OCc1cc(F)cc(-c2cc(N)nn2-c2ccc(C)cc2)c1)C(C)(F)F. The zero-order chi connectivity index (χ0) is 22.1. The number of anilines is 1. The number of nitrogen functional groups attached to an aromatic ring is 1. The summed E-state index contributed by atoms with van der Waals surface area (Å²) in [6.45, 7) is 5.66. The fraction of sp³-hybridized carbons (Fsp3) is 0.348. The molecular weight excluding hydrogens is 391 g/mol. The third-order valence-electron chi connectivity index (χ3n) is 5.42. The zero-order valence-corrected chi connectivity index (χ0v) is 17.5. The lowest BCUT2D eigenvalue weighted by Crippen LogP contribution is -2.45. The molecule has 1 heterocycles. The lowest BCUT2D eigenvalue weighted by Gasteiger charge is -2.34. The predicted molar refractivity (Wildman–Crippen MR) is 112 cm³/mol. The Balaban J connectivity index is 1.96. The highest BCUT2D eigenvalue weighted by Crippen LogP contribution is 2.35. The maximum Gasteiger partial charge on any atom is 0.273 e. The Labute approximate surface area is 174 Å². The maximum atomic E-state index is 14.4. The van der Waals surface area contributed by atoms with Gasteiger partial charge in [-0.15, -0.1) is 0 Å². The first-order valence-corrected chi connectivity index (χ1v) is 9.76. The Morgan fingerprint density at radius 1 is 1.07 bits per heavy atom. The van der Waals surface area contributed by atoms with Crippen molar-refractivity contribution >= 4 is 5.82 Å². The highest BCUT2D eigenvalue weighted by atomic mass is 19.3. The molecule has 4 nitrogen and oxygen atoms in total. The van der Waals surface area contributed by atoms with E-state index in [0.29, 0.717) is 16.8 Å². The van der Waals surface area contributed by atoms with Crippen molar-refractivity contribution in [3.05, 3.63) is 65.5 Å². The summed E-state index contributed by atoms with van der Waals surface area (Å²) in [5.41, 5.74) is 7.70. The van der Waals surface area contributed by atoms with Crippen LogP contribution in [0.2, 0.25) is 0 Å². The van der Waals surface area contributed by atoms with Gasteiger partial charge in [-0.2, -0.15) is 5.10 Å². The lowest BCUT2D eigenvalue weighted by atomic mass is 9.95. The summed E-state index contributed by atoms with van der Waals surface area (Å²) in [6.07, 6.45) is 0.120. The molecular formula is C23H26F3N3O. The monoisotopic (exact) mass is 417 g/mol. The highest BCUT2D eigenvalue weighted by molar-refractivity contribution is 5.66. The zero-order valence-electron chi connectivity index (χ0n) is 17.5. The summed E-state index contributed by atoms with van der Waals surface area (Å²) in [4.78, 5) is 0. The van der Waals surface area contributed by atoms with Crippen LogP contribution >= 0.6 is 0 Å². The van der Waals surface area contributed by atoms with E-state index >= 15 is 0 Å². The number of hydrogen-bond donors (Lipinski definition) is 1. The van der Waals surface area contributed by atoms with Crippen LogP contribution in [0.15, 0.2) is 48.5 Å². The smallest absolute Gasteiger partial charge is 0.273 e. The van der Waals surface area contributed by atoms with Crippen LogP contribution in [0.3, 0.4) is 0 Å². The number of benzene rings is 2. The molecule has 30 heavy (non-hydrogen) atoms. The number of rotatable bonds is 7. The first-order chi connectivity index (χ1) is 14.0. The van der Waals surface area contributed by atoms with E-state index in [-0.39, 0.29) is 18.8 Å². The fourth-order valence-corrected chi connectivity index (χ4v) is 3.15. The fourth-order valence-electron chi connectivity index (χ4n) is 3.15. The second-order valence-electron chi connectivity index (χ2n) is 7.81. The molecule has 0 saturated carbocycles. The molecule has 0 saturated heterocycles. The number of aryl methyl sites for hydroxylation is 1. The van der Waals surface area contributed by atoms with Gasteiger partial charge in [0.15, 0.2) is 0 Å². The standard InChI is InChI=1S/C23H26F3N3O/c1-5-22(3,23(4,25)26)30-14-16-10-17(12-18(24)11-16)20-13-21(27)28-29(20)19-8-6-15(2)7-9-19/h6-13H,5,14H2,1-4H3,(H2,27,28). The summed E-state index contributed by atoms with van der Waals surface area (Å²) in [6, 6.07) is 13.7. The second-order valence-corrected chi connectivity index (χ2v) is 7.81. The Morgan fingerprint density at radius 2 is 1.73 bits per heavy atom. The number of alkyl halides is 2.